The van der Waals surface area contributed by atoms with E-state index in [2.05, 4.69) is 34.8 Å². The summed E-state index contributed by atoms with van der Waals surface area (Å²) in [6, 6.07) is -0.807. The number of nitrogens with zero attached hydrogens (tertiary/aromatic N) is 3. The molecule has 1 fully saturated rings. The summed E-state index contributed by atoms with van der Waals surface area (Å²) < 4.78 is 6.53. The number of anilines is 1. The van der Waals surface area contributed by atoms with Crippen molar-refractivity contribution in [1.82, 2.24) is 20.3 Å². The predicted octanol–water partition coefficient (Wildman–Crippen LogP) is 0.976. The first-order valence-electron chi connectivity index (χ1n) is 13.3. The van der Waals surface area contributed by atoms with Gasteiger partial charge >= 0.3 is 0 Å². The fraction of sp³-hybridized carbons (Fsp3) is 0.760. The fourth-order valence-corrected chi connectivity index (χ4v) is 4.88. The first kappa shape index (κ1) is 32.4. The minimum Gasteiger partial charge on any atom is -0.394 e. The summed E-state index contributed by atoms with van der Waals surface area (Å²) in [7, 11) is 0. The summed E-state index contributed by atoms with van der Waals surface area (Å²) in [5.41, 5.74) is 0. The summed E-state index contributed by atoms with van der Waals surface area (Å²) in [5.74, 6) is 0.322. The van der Waals surface area contributed by atoms with Crippen LogP contribution < -0.4 is 10.6 Å². The Bertz CT molecular complexity index is 828. The summed E-state index contributed by atoms with van der Waals surface area (Å²) in [6.07, 6.45) is 5.36. The van der Waals surface area contributed by atoms with E-state index in [9.17, 15) is 30.0 Å². The molecule has 4 unspecified atom stereocenters. The van der Waals surface area contributed by atoms with Gasteiger partial charge in [-0.2, -0.15) is 11.8 Å². The zero-order chi connectivity index (χ0) is 27.9. The molecular weight excluding hydrogens is 514 g/mol. The molecule has 0 aromatic carbocycles. The summed E-state index contributed by atoms with van der Waals surface area (Å²) >= 11 is 1.45. The van der Waals surface area contributed by atoms with Crippen LogP contribution in [0.5, 0.6) is 0 Å². The van der Waals surface area contributed by atoms with Crippen LogP contribution in [-0.2, 0) is 14.3 Å². The largest absolute Gasteiger partial charge is 0.394 e. The minimum absolute atomic E-state index is 0.0444. The number of hydrogen-bond donors (Lipinski definition) is 6. The highest BCUT2D eigenvalue weighted by atomic mass is 32.2. The number of hydrogen-bond acceptors (Lipinski definition) is 10. The van der Waals surface area contributed by atoms with Gasteiger partial charge in [0.2, 0.25) is 11.8 Å². The van der Waals surface area contributed by atoms with Crippen LogP contribution in [0, 0.1) is 13.3 Å². The van der Waals surface area contributed by atoms with Gasteiger partial charge in [0.15, 0.2) is 12.0 Å². The molecule has 2 rings (SSSR count). The third kappa shape index (κ3) is 10.4. The average Bonchev–Trinajstić information content (AvgIpc) is 3.36. The molecule has 0 aliphatic carbocycles. The highest BCUT2D eigenvalue weighted by Crippen LogP contribution is 2.28. The lowest BCUT2D eigenvalue weighted by atomic mass is 9.98. The van der Waals surface area contributed by atoms with E-state index < -0.39 is 49.2 Å². The molecule has 2 amide bonds. The van der Waals surface area contributed by atoms with Crippen LogP contribution in [0.15, 0.2) is 6.20 Å². The van der Waals surface area contributed by atoms with Crippen molar-refractivity contribution in [2.24, 2.45) is 0 Å². The van der Waals surface area contributed by atoms with Crippen LogP contribution in [0.4, 0.5) is 5.82 Å². The van der Waals surface area contributed by atoms with Crippen LogP contribution in [0.1, 0.15) is 70.9 Å². The Kier molecular flexibility index (Phi) is 15.2. The lowest BCUT2D eigenvalue weighted by Crippen LogP contribution is -2.56. The maximum atomic E-state index is 13.0. The topological polar surface area (TPSA) is 179 Å². The second kappa shape index (κ2) is 17.7. The quantitative estimate of drug-likeness (QED) is 0.142. The number of aliphatic hydroxyl groups is 4. The van der Waals surface area contributed by atoms with Gasteiger partial charge < -0.3 is 35.8 Å². The Morgan fingerprint density at radius 3 is 2.47 bits per heavy atom. The number of unbranched alkanes of at least 4 members (excludes halogenated alkanes) is 7. The number of ether oxygens (including phenoxy) is 1. The smallest absolute Gasteiger partial charge is 0.249 e. The number of aromatic nitrogens is 3. The van der Waals surface area contributed by atoms with E-state index in [0.717, 1.165) is 23.9 Å². The molecule has 6 N–H and O–H groups in total. The molecule has 0 bridgehead atoms. The maximum absolute atomic E-state index is 13.0. The third-order valence-electron chi connectivity index (χ3n) is 6.32. The molecule has 1 aliphatic rings. The molecular formula is C25H43N5O7S. The molecule has 2 heterocycles. The van der Waals surface area contributed by atoms with E-state index in [1.807, 2.05) is 0 Å². The van der Waals surface area contributed by atoms with Gasteiger partial charge in [-0.25, -0.2) is 4.68 Å². The molecule has 1 aromatic rings. The summed E-state index contributed by atoms with van der Waals surface area (Å²) in [5, 5.41) is 52.7. The van der Waals surface area contributed by atoms with E-state index >= 15 is 0 Å². The van der Waals surface area contributed by atoms with Crippen LogP contribution in [0.2, 0.25) is 0 Å². The van der Waals surface area contributed by atoms with Gasteiger partial charge in [-0.3, -0.25) is 9.59 Å². The van der Waals surface area contributed by atoms with E-state index in [-0.39, 0.29) is 11.7 Å². The van der Waals surface area contributed by atoms with Crippen LogP contribution in [0.25, 0.3) is 0 Å². The first-order chi connectivity index (χ1) is 18.3. The van der Waals surface area contributed by atoms with Gasteiger partial charge in [-0.1, -0.05) is 57.1 Å². The summed E-state index contributed by atoms with van der Waals surface area (Å²) in [6.45, 7) is 5.29. The molecule has 1 saturated heterocycles. The number of carbonyl (C=O) groups excluding carboxylic acids is 2. The number of amides is 2. The summed E-state index contributed by atoms with van der Waals surface area (Å²) in [4.78, 5) is 25.5. The fourth-order valence-electron chi connectivity index (χ4n) is 4.11. The molecule has 0 spiro atoms. The van der Waals surface area contributed by atoms with E-state index in [0.29, 0.717) is 17.9 Å². The number of aliphatic hydroxyl groups excluding tert-OH is 4. The van der Waals surface area contributed by atoms with Crippen molar-refractivity contribution in [3.05, 3.63) is 19.5 Å². The van der Waals surface area contributed by atoms with E-state index in [1.54, 1.807) is 6.42 Å². The van der Waals surface area contributed by atoms with E-state index in [4.69, 9.17) is 4.74 Å². The number of thioether (sulfide) groups is 1. The molecule has 0 saturated carbocycles. The van der Waals surface area contributed by atoms with Crippen molar-refractivity contribution in [1.29, 1.82) is 0 Å². The lowest BCUT2D eigenvalue weighted by Gasteiger charge is -2.39. The molecule has 2 radical (unpaired) electrons. The van der Waals surface area contributed by atoms with Crippen LogP contribution in [0.3, 0.4) is 0 Å². The maximum Gasteiger partial charge on any atom is 0.249 e. The van der Waals surface area contributed by atoms with Crippen molar-refractivity contribution < 1.29 is 34.8 Å². The SMILES string of the molecule is [CH2][CH]CSC[C@@H](NC(=O)CCCCCCCCCC)C(=O)Nc1cn([C@@H]2OC(CO)C(O)C(O)C2O)nn1. The Morgan fingerprint density at radius 1 is 1.13 bits per heavy atom. The van der Waals surface area contributed by atoms with Gasteiger partial charge in [0.25, 0.3) is 0 Å². The Labute approximate surface area is 228 Å². The second-order valence-electron chi connectivity index (χ2n) is 9.46. The monoisotopic (exact) mass is 557 g/mol. The van der Waals surface area contributed by atoms with Crippen molar-refractivity contribution in [3.8, 4) is 0 Å². The standard InChI is InChI=1S/C25H43N5O7S/c1-3-5-6-7-8-9-10-11-12-20(32)26-17(16-38-13-4-2)24(36)27-19-14-30(29-28-19)25-23(35)22(34)21(33)18(15-31)37-25/h4,14,17-18,21-23,25,31,33-35H,2-3,5-13,15-16H2,1H3,(H,26,32)(H,27,36)/t17-,18?,21?,22?,23?,25-/m1/s1. The van der Waals surface area contributed by atoms with Crippen LogP contribution >= 0.6 is 11.8 Å². The first-order valence-corrected chi connectivity index (χ1v) is 14.5. The molecule has 6 atom stereocenters. The third-order valence-corrected chi connectivity index (χ3v) is 7.36. The van der Waals surface area contributed by atoms with Crippen molar-refractivity contribution >= 4 is 29.4 Å². The van der Waals surface area contributed by atoms with E-state index in [1.165, 1.54) is 50.1 Å². The average molecular weight is 558 g/mol. The second-order valence-corrected chi connectivity index (χ2v) is 10.5. The van der Waals surface area contributed by atoms with Gasteiger partial charge in [-0.05, 0) is 25.5 Å². The normalized spacial score (nSPS) is 24.2. The zero-order valence-corrected chi connectivity index (χ0v) is 22.9. The number of rotatable bonds is 18. The molecule has 216 valence electrons. The van der Waals surface area contributed by atoms with Gasteiger partial charge in [0.1, 0.15) is 30.5 Å². The van der Waals surface area contributed by atoms with Crippen molar-refractivity contribution in [3.63, 3.8) is 0 Å². The molecule has 1 aliphatic heterocycles. The lowest BCUT2D eigenvalue weighted by molar-refractivity contribution is -0.254. The van der Waals surface area contributed by atoms with Crippen molar-refractivity contribution in [2.75, 3.05) is 23.4 Å². The van der Waals surface area contributed by atoms with Crippen LogP contribution in [-0.4, -0.2) is 95.8 Å². The Hall–Kier alpha value is -1.77. The highest BCUT2D eigenvalue weighted by molar-refractivity contribution is 7.99. The molecule has 12 nitrogen and oxygen atoms in total. The van der Waals surface area contributed by atoms with Gasteiger partial charge in [0, 0.05) is 12.2 Å². The molecule has 38 heavy (non-hydrogen) atoms. The van der Waals surface area contributed by atoms with Gasteiger partial charge in [-0.15, -0.1) is 5.10 Å². The molecule has 13 heteroatoms. The Balaban J connectivity index is 1.89. The van der Waals surface area contributed by atoms with Crippen molar-refractivity contribution in [2.45, 2.75) is 101 Å². The molecule has 1 aromatic heterocycles. The highest BCUT2D eigenvalue weighted by Gasteiger charge is 2.44. The number of carbonyl (C=O) groups is 2. The Morgan fingerprint density at radius 2 is 1.82 bits per heavy atom. The number of nitrogens with one attached hydrogen (secondary N) is 2. The zero-order valence-electron chi connectivity index (χ0n) is 22.1. The van der Waals surface area contributed by atoms with Gasteiger partial charge in [0.05, 0.1) is 12.8 Å². The predicted molar refractivity (Wildman–Crippen MR) is 144 cm³/mol. The minimum atomic E-state index is -1.57.